The zero-order chi connectivity index (χ0) is 23.1. The van der Waals surface area contributed by atoms with Crippen LogP contribution in [0.2, 0.25) is 5.02 Å². The summed E-state index contributed by atoms with van der Waals surface area (Å²) in [6, 6.07) is 13.4. The lowest BCUT2D eigenvalue weighted by Crippen LogP contribution is -2.29. The molecule has 3 rings (SSSR count). The van der Waals surface area contributed by atoms with E-state index in [0.29, 0.717) is 46.8 Å². The Bertz CT molecular complexity index is 1160. The number of nitrogens with zero attached hydrogens (tertiary/aromatic N) is 2. The Labute approximate surface area is 196 Å². The van der Waals surface area contributed by atoms with Gasteiger partial charge in [-0.05, 0) is 48.9 Å². The van der Waals surface area contributed by atoms with E-state index in [1.54, 1.807) is 53.7 Å². The second-order valence-electron chi connectivity index (χ2n) is 7.04. The van der Waals surface area contributed by atoms with Crippen molar-refractivity contribution in [2.24, 2.45) is 0 Å². The van der Waals surface area contributed by atoms with Crippen LogP contribution in [-0.2, 0) is 16.4 Å². The zero-order valence-corrected chi connectivity index (χ0v) is 20.0. The Kier molecular flexibility index (Phi) is 8.11. The van der Waals surface area contributed by atoms with E-state index >= 15 is 0 Å². The van der Waals surface area contributed by atoms with Gasteiger partial charge in [0.2, 0.25) is 0 Å². The van der Waals surface area contributed by atoms with Gasteiger partial charge in [0.1, 0.15) is 28.8 Å². The molecule has 7 nitrogen and oxygen atoms in total. The van der Waals surface area contributed by atoms with Crippen LogP contribution in [0.25, 0.3) is 0 Å². The topological polar surface area (TPSA) is 85.8 Å². The van der Waals surface area contributed by atoms with Gasteiger partial charge in [0.25, 0.3) is 5.91 Å². The van der Waals surface area contributed by atoms with Gasteiger partial charge in [0.05, 0.1) is 11.5 Å². The maximum Gasteiger partial charge on any atom is 0.273 e. The third-order valence-corrected chi connectivity index (χ3v) is 6.62. The highest BCUT2D eigenvalue weighted by molar-refractivity contribution is 7.90. The normalized spacial score (nSPS) is 11.2. The van der Waals surface area contributed by atoms with E-state index < -0.39 is 9.84 Å². The lowest BCUT2D eigenvalue weighted by molar-refractivity contribution is 0.0782. The number of hydrogen-bond donors (Lipinski definition) is 0. The molecule has 0 aliphatic carbocycles. The maximum absolute atomic E-state index is 12.6. The smallest absolute Gasteiger partial charge is 0.273 e. The number of halogens is 1. The number of benzene rings is 2. The molecular formula is C22H23ClN2O5S2. The van der Waals surface area contributed by atoms with Crippen molar-refractivity contribution in [1.82, 2.24) is 9.88 Å². The zero-order valence-electron chi connectivity index (χ0n) is 17.7. The fourth-order valence-electron chi connectivity index (χ4n) is 2.73. The largest absolute Gasteiger partial charge is 0.493 e. The Morgan fingerprint density at radius 2 is 1.88 bits per heavy atom. The monoisotopic (exact) mass is 494 g/mol. The minimum atomic E-state index is -3.28. The first-order chi connectivity index (χ1) is 15.2. The second kappa shape index (κ2) is 10.8. The summed E-state index contributed by atoms with van der Waals surface area (Å²) < 4.78 is 34.5. The first-order valence-electron chi connectivity index (χ1n) is 9.73. The van der Waals surface area contributed by atoms with Gasteiger partial charge in [-0.3, -0.25) is 4.79 Å². The molecule has 1 amide bonds. The molecule has 0 aliphatic heterocycles. The number of ether oxygens (including phenoxy) is 2. The molecule has 0 fully saturated rings. The summed E-state index contributed by atoms with van der Waals surface area (Å²) in [4.78, 5) is 18.7. The molecule has 0 unspecified atom stereocenters. The van der Waals surface area contributed by atoms with Crippen molar-refractivity contribution in [3.8, 4) is 11.5 Å². The Balaban J connectivity index is 1.44. The summed E-state index contributed by atoms with van der Waals surface area (Å²) in [5.74, 6) is 0.974. The van der Waals surface area contributed by atoms with Crippen molar-refractivity contribution in [2.45, 2.75) is 17.9 Å². The molecule has 32 heavy (non-hydrogen) atoms. The van der Waals surface area contributed by atoms with Gasteiger partial charge in [-0.15, -0.1) is 11.3 Å². The molecule has 0 aliphatic rings. The number of hydrogen-bond acceptors (Lipinski definition) is 7. The number of aromatic nitrogens is 1. The quantitative estimate of drug-likeness (QED) is 0.390. The fourth-order valence-corrected chi connectivity index (χ4v) is 4.20. The number of rotatable bonds is 10. The van der Waals surface area contributed by atoms with E-state index in [1.807, 2.05) is 0 Å². The van der Waals surface area contributed by atoms with Crippen LogP contribution in [0.1, 0.15) is 21.9 Å². The van der Waals surface area contributed by atoms with Gasteiger partial charge in [-0.1, -0.05) is 17.7 Å². The average molecular weight is 495 g/mol. The second-order valence-corrected chi connectivity index (χ2v) is 10.4. The van der Waals surface area contributed by atoms with Crippen LogP contribution in [0, 0.1) is 0 Å². The predicted octanol–water partition coefficient (Wildman–Crippen LogP) is 4.32. The molecular weight excluding hydrogens is 472 g/mol. The molecule has 0 spiro atoms. The van der Waals surface area contributed by atoms with E-state index in [2.05, 4.69) is 4.98 Å². The van der Waals surface area contributed by atoms with Crippen LogP contribution in [0.4, 0.5) is 0 Å². The van der Waals surface area contributed by atoms with Crippen molar-refractivity contribution in [3.63, 3.8) is 0 Å². The lowest BCUT2D eigenvalue weighted by Gasteiger charge is -2.16. The van der Waals surface area contributed by atoms with E-state index in [1.165, 1.54) is 23.5 Å². The first kappa shape index (κ1) is 24.0. The van der Waals surface area contributed by atoms with Gasteiger partial charge in [-0.25, -0.2) is 13.4 Å². The molecule has 170 valence electrons. The summed E-state index contributed by atoms with van der Waals surface area (Å²) >= 11 is 7.22. The lowest BCUT2D eigenvalue weighted by atomic mass is 10.3. The van der Waals surface area contributed by atoms with Crippen molar-refractivity contribution in [3.05, 3.63) is 69.6 Å². The van der Waals surface area contributed by atoms with Gasteiger partial charge in [-0.2, -0.15) is 0 Å². The van der Waals surface area contributed by atoms with Crippen LogP contribution in [0.5, 0.6) is 11.5 Å². The summed E-state index contributed by atoms with van der Waals surface area (Å²) in [5.41, 5.74) is 0.369. The number of amides is 1. The minimum absolute atomic E-state index is 0.182. The fraction of sp³-hybridized carbons (Fsp3) is 0.273. The molecule has 10 heteroatoms. The molecule has 0 saturated carbocycles. The van der Waals surface area contributed by atoms with Crippen LogP contribution in [0.3, 0.4) is 0 Å². The van der Waals surface area contributed by atoms with Crippen LogP contribution in [0.15, 0.2) is 58.8 Å². The predicted molar refractivity (Wildman–Crippen MR) is 125 cm³/mol. The minimum Gasteiger partial charge on any atom is -0.493 e. The van der Waals surface area contributed by atoms with Crippen molar-refractivity contribution < 1.29 is 22.7 Å². The average Bonchev–Trinajstić information content (AvgIpc) is 3.24. The molecule has 1 heterocycles. The molecule has 3 aromatic rings. The SMILES string of the molecule is CN(CCCOc1cccc(S(C)(=O)=O)c1)C(=O)c1csc(COc2ccc(Cl)cc2)n1. The highest BCUT2D eigenvalue weighted by Crippen LogP contribution is 2.19. The van der Waals surface area contributed by atoms with Crippen molar-refractivity contribution >= 4 is 38.7 Å². The van der Waals surface area contributed by atoms with E-state index in [0.717, 1.165) is 6.26 Å². The van der Waals surface area contributed by atoms with Crippen LogP contribution >= 0.6 is 22.9 Å². The molecule has 0 saturated heterocycles. The van der Waals surface area contributed by atoms with E-state index in [9.17, 15) is 13.2 Å². The van der Waals surface area contributed by atoms with Gasteiger partial charge >= 0.3 is 0 Å². The number of carbonyl (C=O) groups is 1. The summed E-state index contributed by atoms with van der Waals surface area (Å²) in [6.45, 7) is 1.09. The maximum atomic E-state index is 12.6. The number of sulfone groups is 1. The van der Waals surface area contributed by atoms with Crippen LogP contribution < -0.4 is 9.47 Å². The number of thiazole rings is 1. The van der Waals surface area contributed by atoms with Gasteiger partial charge in [0.15, 0.2) is 9.84 Å². The number of carbonyl (C=O) groups excluding carboxylic acids is 1. The summed E-state index contributed by atoms with van der Waals surface area (Å²) in [7, 11) is -1.58. The van der Waals surface area contributed by atoms with Crippen molar-refractivity contribution in [1.29, 1.82) is 0 Å². The molecule has 0 atom stereocenters. The highest BCUT2D eigenvalue weighted by atomic mass is 35.5. The van der Waals surface area contributed by atoms with E-state index in [-0.39, 0.29) is 17.4 Å². The molecule has 0 radical (unpaired) electrons. The Morgan fingerprint density at radius 1 is 1.12 bits per heavy atom. The molecule has 0 bridgehead atoms. The molecule has 2 aromatic carbocycles. The van der Waals surface area contributed by atoms with E-state index in [4.69, 9.17) is 21.1 Å². The highest BCUT2D eigenvalue weighted by Gasteiger charge is 2.16. The first-order valence-corrected chi connectivity index (χ1v) is 12.9. The third kappa shape index (κ3) is 6.94. The van der Waals surface area contributed by atoms with Crippen molar-refractivity contribution in [2.75, 3.05) is 26.5 Å². The van der Waals surface area contributed by atoms with Gasteiger partial charge in [0, 0.05) is 30.3 Å². The third-order valence-electron chi connectivity index (χ3n) is 4.43. The summed E-state index contributed by atoms with van der Waals surface area (Å²) in [6.07, 6.45) is 1.74. The Morgan fingerprint density at radius 3 is 2.59 bits per heavy atom. The molecule has 1 aromatic heterocycles. The standard InChI is InChI=1S/C22H23ClN2O5S2/c1-25(11-4-12-29-18-5-3-6-19(13-18)32(2,27)28)22(26)20-15-31-21(24-20)14-30-17-9-7-16(23)8-10-17/h3,5-10,13,15H,4,11-12,14H2,1-2H3. The Hall–Kier alpha value is -2.62. The summed E-state index contributed by atoms with van der Waals surface area (Å²) in [5, 5.41) is 3.05. The van der Waals surface area contributed by atoms with Crippen LogP contribution in [-0.4, -0.2) is 50.7 Å². The molecule has 0 N–H and O–H groups in total. The van der Waals surface area contributed by atoms with Gasteiger partial charge < -0.3 is 14.4 Å².